The predicted octanol–water partition coefficient (Wildman–Crippen LogP) is 4.07. The van der Waals surface area contributed by atoms with Crippen LogP contribution in [0.3, 0.4) is 0 Å². The van der Waals surface area contributed by atoms with Gasteiger partial charge in [-0.15, -0.1) is 0 Å². The highest BCUT2D eigenvalue weighted by Gasteiger charge is 2.31. The number of ether oxygens (including phenoxy) is 1. The number of fused-ring (bicyclic) bond motifs is 2. The van der Waals surface area contributed by atoms with E-state index in [1.54, 1.807) is 13.3 Å². The van der Waals surface area contributed by atoms with Gasteiger partial charge in [-0.1, -0.05) is 13.0 Å². The number of aliphatic hydroxyl groups is 1. The summed E-state index contributed by atoms with van der Waals surface area (Å²) in [7, 11) is 1.63. The quantitative estimate of drug-likeness (QED) is 0.448. The largest absolute Gasteiger partial charge is 0.480 e. The molecular formula is C23H26N6O2. The van der Waals surface area contributed by atoms with Crippen molar-refractivity contribution in [1.29, 1.82) is 0 Å². The maximum absolute atomic E-state index is 10.5. The number of H-pyrrole nitrogens is 1. The maximum atomic E-state index is 10.5. The van der Waals surface area contributed by atoms with E-state index < -0.39 is 5.60 Å². The molecule has 0 atom stereocenters. The lowest BCUT2D eigenvalue weighted by Gasteiger charge is -2.35. The van der Waals surface area contributed by atoms with Gasteiger partial charge in [0.1, 0.15) is 5.65 Å². The summed E-state index contributed by atoms with van der Waals surface area (Å²) in [5.41, 5.74) is 3.05. The average Bonchev–Trinajstić information content (AvgIpc) is 3.24. The molecule has 160 valence electrons. The summed E-state index contributed by atoms with van der Waals surface area (Å²) < 4.78 is 5.64. The monoisotopic (exact) mass is 418 g/mol. The van der Waals surface area contributed by atoms with Gasteiger partial charge in [-0.3, -0.25) is 0 Å². The molecule has 8 nitrogen and oxygen atoms in total. The minimum Gasteiger partial charge on any atom is -0.480 e. The standard InChI is InChI=1S/C23H26N6O2/c1-3-23(30)9-6-16(7-10-23)26-22-27-20-19(21(28-22)31-2)17(13-24-20)14-4-5-18-15(12-14)8-11-25-29-18/h4-5,8,11-13,16,30H,3,6-7,9-10H2,1-2H3,(H2,24,26,27,28)/t16-,23+. The molecule has 0 saturated heterocycles. The van der Waals surface area contributed by atoms with Gasteiger partial charge >= 0.3 is 0 Å². The summed E-state index contributed by atoms with van der Waals surface area (Å²) >= 11 is 0. The van der Waals surface area contributed by atoms with Gasteiger partial charge in [0.05, 0.1) is 29.8 Å². The molecule has 0 bridgehead atoms. The number of nitrogens with zero attached hydrogens (tertiary/aromatic N) is 4. The Balaban J connectivity index is 1.46. The maximum Gasteiger partial charge on any atom is 0.228 e. The van der Waals surface area contributed by atoms with Crippen molar-refractivity contribution in [3.63, 3.8) is 0 Å². The van der Waals surface area contributed by atoms with Crippen LogP contribution in [0.5, 0.6) is 5.88 Å². The van der Waals surface area contributed by atoms with E-state index in [1.165, 1.54) is 0 Å². The molecule has 0 spiro atoms. The molecule has 0 aliphatic heterocycles. The summed E-state index contributed by atoms with van der Waals surface area (Å²) in [6.07, 6.45) is 7.79. The number of methoxy groups -OCH3 is 1. The molecule has 3 heterocycles. The first-order valence-electron chi connectivity index (χ1n) is 10.7. The van der Waals surface area contributed by atoms with Gasteiger partial charge in [-0.2, -0.15) is 20.2 Å². The Hall–Kier alpha value is -3.26. The molecule has 3 N–H and O–H groups in total. The highest BCUT2D eigenvalue weighted by Crippen LogP contribution is 2.36. The first-order chi connectivity index (χ1) is 15.1. The Kier molecular flexibility index (Phi) is 4.94. The number of hydrogen-bond donors (Lipinski definition) is 3. The first-order valence-corrected chi connectivity index (χ1v) is 10.7. The molecule has 1 aliphatic carbocycles. The molecule has 3 aromatic heterocycles. The number of anilines is 1. The van der Waals surface area contributed by atoms with Crippen LogP contribution in [0.4, 0.5) is 5.95 Å². The number of aromatic nitrogens is 5. The van der Waals surface area contributed by atoms with E-state index in [0.717, 1.165) is 65.2 Å². The van der Waals surface area contributed by atoms with Crippen LogP contribution in [0.2, 0.25) is 0 Å². The molecule has 1 aliphatic rings. The van der Waals surface area contributed by atoms with Gasteiger partial charge in [0.25, 0.3) is 0 Å². The number of nitrogens with one attached hydrogen (secondary N) is 2. The summed E-state index contributed by atoms with van der Waals surface area (Å²) in [5, 5.41) is 23.9. The smallest absolute Gasteiger partial charge is 0.228 e. The highest BCUT2D eigenvalue weighted by atomic mass is 16.5. The van der Waals surface area contributed by atoms with E-state index in [9.17, 15) is 5.11 Å². The fourth-order valence-corrected chi connectivity index (χ4v) is 4.43. The molecule has 0 unspecified atom stereocenters. The third-order valence-corrected chi connectivity index (χ3v) is 6.42. The van der Waals surface area contributed by atoms with Crippen LogP contribution < -0.4 is 10.1 Å². The molecular weight excluding hydrogens is 392 g/mol. The lowest BCUT2D eigenvalue weighted by atomic mass is 9.80. The van der Waals surface area contributed by atoms with E-state index in [0.29, 0.717) is 11.8 Å². The van der Waals surface area contributed by atoms with Gasteiger partial charge in [0.15, 0.2) is 0 Å². The van der Waals surface area contributed by atoms with Crippen molar-refractivity contribution in [3.8, 4) is 17.0 Å². The zero-order chi connectivity index (χ0) is 21.4. The fourth-order valence-electron chi connectivity index (χ4n) is 4.43. The molecule has 0 amide bonds. The van der Waals surface area contributed by atoms with Gasteiger partial charge in [0, 0.05) is 23.2 Å². The normalized spacial score (nSPS) is 21.5. The predicted molar refractivity (Wildman–Crippen MR) is 120 cm³/mol. The zero-order valence-electron chi connectivity index (χ0n) is 17.7. The van der Waals surface area contributed by atoms with Gasteiger partial charge in [0.2, 0.25) is 11.8 Å². The van der Waals surface area contributed by atoms with Crippen LogP contribution >= 0.6 is 0 Å². The van der Waals surface area contributed by atoms with Crippen molar-refractivity contribution >= 4 is 27.9 Å². The second-order valence-electron chi connectivity index (χ2n) is 8.28. The van der Waals surface area contributed by atoms with Crippen LogP contribution in [-0.2, 0) is 0 Å². The molecule has 8 heteroatoms. The van der Waals surface area contributed by atoms with Crippen LogP contribution in [0.15, 0.2) is 36.7 Å². The van der Waals surface area contributed by atoms with Crippen molar-refractivity contribution in [2.75, 3.05) is 12.4 Å². The average molecular weight is 419 g/mol. The topological polar surface area (TPSA) is 109 Å². The van der Waals surface area contributed by atoms with E-state index in [2.05, 4.69) is 31.5 Å². The van der Waals surface area contributed by atoms with E-state index >= 15 is 0 Å². The minimum absolute atomic E-state index is 0.241. The highest BCUT2D eigenvalue weighted by molar-refractivity contribution is 5.99. The molecule has 0 radical (unpaired) electrons. The Bertz CT molecular complexity index is 1230. The van der Waals surface area contributed by atoms with E-state index in [4.69, 9.17) is 9.72 Å². The zero-order valence-corrected chi connectivity index (χ0v) is 17.7. The van der Waals surface area contributed by atoms with Gasteiger partial charge in [-0.25, -0.2) is 0 Å². The van der Waals surface area contributed by atoms with E-state index in [1.807, 2.05) is 31.3 Å². The van der Waals surface area contributed by atoms with Crippen molar-refractivity contribution in [2.45, 2.75) is 50.7 Å². The van der Waals surface area contributed by atoms with Crippen LogP contribution in [-0.4, -0.2) is 49.0 Å². The Morgan fingerprint density at radius 2 is 2.06 bits per heavy atom. The Labute approximate surface area is 180 Å². The minimum atomic E-state index is -0.527. The third kappa shape index (κ3) is 3.67. The fraction of sp³-hybridized carbons (Fsp3) is 0.391. The van der Waals surface area contributed by atoms with Crippen LogP contribution in [0.25, 0.3) is 33.1 Å². The molecule has 1 fully saturated rings. The van der Waals surface area contributed by atoms with Gasteiger partial charge < -0.3 is 20.1 Å². The van der Waals surface area contributed by atoms with Crippen molar-refractivity contribution in [3.05, 3.63) is 36.7 Å². The third-order valence-electron chi connectivity index (χ3n) is 6.42. The SMILES string of the molecule is CC[C@]1(O)CC[C@@H](Nc2nc(OC)c3c(-c4ccc5nnccc5c4)c[nH]c3n2)CC1. The van der Waals surface area contributed by atoms with Crippen molar-refractivity contribution in [1.82, 2.24) is 25.1 Å². The summed E-state index contributed by atoms with van der Waals surface area (Å²) in [6, 6.07) is 8.24. The number of aromatic amines is 1. The summed E-state index contributed by atoms with van der Waals surface area (Å²) in [4.78, 5) is 12.6. The number of hydrogen-bond acceptors (Lipinski definition) is 7. The molecule has 1 aromatic carbocycles. The summed E-state index contributed by atoms with van der Waals surface area (Å²) in [5.74, 6) is 1.07. The van der Waals surface area contributed by atoms with Crippen molar-refractivity contribution < 1.29 is 9.84 Å². The van der Waals surface area contributed by atoms with Gasteiger partial charge in [-0.05, 0) is 55.9 Å². The van der Waals surface area contributed by atoms with Crippen LogP contribution in [0.1, 0.15) is 39.0 Å². The number of rotatable bonds is 5. The first kappa shape index (κ1) is 19.7. The van der Waals surface area contributed by atoms with Crippen molar-refractivity contribution in [2.24, 2.45) is 0 Å². The number of benzene rings is 1. The Morgan fingerprint density at radius 1 is 1.23 bits per heavy atom. The Morgan fingerprint density at radius 3 is 2.84 bits per heavy atom. The van der Waals surface area contributed by atoms with E-state index in [-0.39, 0.29) is 6.04 Å². The lowest BCUT2D eigenvalue weighted by molar-refractivity contribution is -0.00198. The second-order valence-corrected chi connectivity index (χ2v) is 8.28. The lowest BCUT2D eigenvalue weighted by Crippen LogP contribution is -2.38. The molecule has 5 rings (SSSR count). The second kappa shape index (κ2) is 7.77. The molecule has 4 aromatic rings. The van der Waals surface area contributed by atoms with Crippen LogP contribution in [0, 0.1) is 0 Å². The summed E-state index contributed by atoms with van der Waals surface area (Å²) in [6.45, 7) is 2.04. The molecule has 1 saturated carbocycles. The molecule has 31 heavy (non-hydrogen) atoms.